The Labute approximate surface area is 143 Å². The number of nitrogens with one attached hydrogen (secondary N) is 1. The first kappa shape index (κ1) is 15.9. The smallest absolute Gasteiger partial charge is 0.328 e. The molecule has 0 unspecified atom stereocenters. The summed E-state index contributed by atoms with van der Waals surface area (Å²) in [5, 5.41) is 12.9. The molecule has 0 saturated carbocycles. The third-order valence-corrected chi connectivity index (χ3v) is 4.19. The van der Waals surface area contributed by atoms with E-state index in [0.717, 1.165) is 33.5 Å². The molecule has 2 N–H and O–H groups in total. The van der Waals surface area contributed by atoms with Crippen molar-refractivity contribution in [2.75, 3.05) is 5.32 Å². The Kier molecular flexibility index (Phi) is 4.67. The number of carboxylic acid groups (broad SMARTS) is 1. The number of carbonyl (C=O) groups is 1. The van der Waals surface area contributed by atoms with Crippen LogP contribution < -0.4 is 5.32 Å². The van der Waals surface area contributed by atoms with Crippen LogP contribution in [0.3, 0.4) is 0 Å². The van der Waals surface area contributed by atoms with Gasteiger partial charge in [-0.3, -0.25) is 4.98 Å². The van der Waals surface area contributed by atoms with E-state index in [2.05, 4.69) is 15.3 Å². The summed E-state index contributed by atoms with van der Waals surface area (Å²) in [6.07, 6.45) is 6.06. The van der Waals surface area contributed by atoms with Crippen molar-refractivity contribution in [2.45, 2.75) is 6.92 Å². The third kappa shape index (κ3) is 3.85. The topological polar surface area (TPSA) is 75.1 Å². The predicted molar refractivity (Wildman–Crippen MR) is 96.5 cm³/mol. The van der Waals surface area contributed by atoms with E-state index in [1.807, 2.05) is 43.3 Å². The molecule has 0 spiro atoms. The molecular weight excluding hydrogens is 322 g/mol. The van der Waals surface area contributed by atoms with E-state index in [9.17, 15) is 4.79 Å². The van der Waals surface area contributed by atoms with Gasteiger partial charge < -0.3 is 10.4 Å². The summed E-state index contributed by atoms with van der Waals surface area (Å²) in [7, 11) is 0. The minimum Gasteiger partial charge on any atom is -0.478 e. The number of benzene rings is 1. The number of rotatable bonds is 5. The van der Waals surface area contributed by atoms with Gasteiger partial charge in [-0.2, -0.15) is 0 Å². The highest BCUT2D eigenvalue weighted by molar-refractivity contribution is 7.17. The van der Waals surface area contributed by atoms with Gasteiger partial charge in [-0.25, -0.2) is 9.78 Å². The summed E-state index contributed by atoms with van der Waals surface area (Å²) in [5.41, 5.74) is 3.72. The molecule has 0 radical (unpaired) electrons. The Hall–Kier alpha value is -2.99. The van der Waals surface area contributed by atoms with Crippen LogP contribution >= 0.6 is 11.3 Å². The van der Waals surface area contributed by atoms with Crippen molar-refractivity contribution in [1.82, 2.24) is 9.97 Å². The average molecular weight is 337 g/mol. The highest BCUT2D eigenvalue weighted by Crippen LogP contribution is 2.33. The van der Waals surface area contributed by atoms with Gasteiger partial charge in [0.15, 0.2) is 5.13 Å². The average Bonchev–Trinajstić information content (AvgIpc) is 2.96. The van der Waals surface area contributed by atoms with E-state index in [0.29, 0.717) is 5.13 Å². The molecule has 120 valence electrons. The van der Waals surface area contributed by atoms with E-state index in [-0.39, 0.29) is 0 Å². The normalized spacial score (nSPS) is 10.9. The number of anilines is 2. The third-order valence-electron chi connectivity index (χ3n) is 3.25. The molecular formula is C18H15N3O2S. The zero-order valence-corrected chi connectivity index (χ0v) is 13.7. The van der Waals surface area contributed by atoms with Gasteiger partial charge in [0.25, 0.3) is 0 Å². The van der Waals surface area contributed by atoms with Crippen LogP contribution in [-0.4, -0.2) is 21.0 Å². The summed E-state index contributed by atoms with van der Waals surface area (Å²) in [4.78, 5) is 20.2. The molecule has 2 aromatic heterocycles. The van der Waals surface area contributed by atoms with Crippen molar-refractivity contribution >= 4 is 34.2 Å². The van der Waals surface area contributed by atoms with Crippen molar-refractivity contribution in [1.29, 1.82) is 0 Å². The van der Waals surface area contributed by atoms with Crippen LogP contribution in [0, 0.1) is 6.92 Å². The number of carboxylic acids is 1. The van der Waals surface area contributed by atoms with E-state index in [1.54, 1.807) is 18.5 Å². The van der Waals surface area contributed by atoms with Crippen molar-refractivity contribution in [3.63, 3.8) is 0 Å². The molecule has 0 aliphatic carbocycles. The minimum absolute atomic E-state index is 0.706. The van der Waals surface area contributed by atoms with E-state index >= 15 is 0 Å². The lowest BCUT2D eigenvalue weighted by Gasteiger charge is -2.02. The highest BCUT2D eigenvalue weighted by Gasteiger charge is 2.12. The van der Waals surface area contributed by atoms with Gasteiger partial charge in [-0.05, 0) is 42.8 Å². The fourth-order valence-corrected chi connectivity index (χ4v) is 3.12. The standard InChI is InChI=1S/C18H15N3O2S/c1-12-3-2-4-14(11-12)20-18-21-17(13-7-9-19-10-8-13)15(24-18)5-6-16(22)23/h2-11H,1H3,(H,20,21)(H,22,23)/b6-5+. The SMILES string of the molecule is Cc1cccc(Nc2nc(-c3ccncc3)c(/C=C/C(=O)O)s2)c1. The Bertz CT molecular complexity index is 888. The second-order valence-corrected chi connectivity index (χ2v) is 6.16. The van der Waals surface area contributed by atoms with E-state index < -0.39 is 5.97 Å². The number of aliphatic carboxylic acids is 1. The molecule has 0 bridgehead atoms. The van der Waals surface area contributed by atoms with Crippen molar-refractivity contribution in [3.05, 3.63) is 65.3 Å². The summed E-state index contributed by atoms with van der Waals surface area (Å²) >= 11 is 1.40. The molecule has 0 aliphatic heterocycles. The molecule has 0 atom stereocenters. The van der Waals surface area contributed by atoms with Crippen LogP contribution in [-0.2, 0) is 4.79 Å². The maximum absolute atomic E-state index is 10.8. The summed E-state index contributed by atoms with van der Waals surface area (Å²) < 4.78 is 0. The number of hydrogen-bond acceptors (Lipinski definition) is 5. The van der Waals surface area contributed by atoms with Crippen LogP contribution in [0.4, 0.5) is 10.8 Å². The number of hydrogen-bond donors (Lipinski definition) is 2. The maximum atomic E-state index is 10.8. The monoisotopic (exact) mass is 337 g/mol. The first-order valence-electron chi connectivity index (χ1n) is 7.28. The summed E-state index contributed by atoms with van der Waals surface area (Å²) in [5.74, 6) is -0.989. The number of aromatic nitrogens is 2. The van der Waals surface area contributed by atoms with Crippen LogP contribution in [0.1, 0.15) is 10.4 Å². The van der Waals surface area contributed by atoms with Gasteiger partial charge in [-0.1, -0.05) is 23.5 Å². The number of thiazole rings is 1. The molecule has 24 heavy (non-hydrogen) atoms. The van der Waals surface area contributed by atoms with Crippen molar-refractivity contribution in [2.24, 2.45) is 0 Å². The molecule has 3 rings (SSSR count). The van der Waals surface area contributed by atoms with Crippen LogP contribution in [0.5, 0.6) is 0 Å². The zero-order valence-electron chi connectivity index (χ0n) is 12.9. The second-order valence-electron chi connectivity index (χ2n) is 5.13. The van der Waals surface area contributed by atoms with Crippen LogP contribution in [0.2, 0.25) is 0 Å². The van der Waals surface area contributed by atoms with Gasteiger partial charge in [0, 0.05) is 29.7 Å². The van der Waals surface area contributed by atoms with Crippen LogP contribution in [0.25, 0.3) is 17.3 Å². The number of aryl methyl sites for hydroxylation is 1. The predicted octanol–water partition coefficient (Wildman–Crippen LogP) is 4.35. The fourth-order valence-electron chi connectivity index (χ4n) is 2.21. The lowest BCUT2D eigenvalue weighted by atomic mass is 10.2. The quantitative estimate of drug-likeness (QED) is 0.677. The lowest BCUT2D eigenvalue weighted by Crippen LogP contribution is -1.90. The Morgan fingerprint density at radius 3 is 2.75 bits per heavy atom. The number of pyridine rings is 1. The largest absolute Gasteiger partial charge is 0.478 e. The minimum atomic E-state index is -0.989. The molecule has 2 heterocycles. The maximum Gasteiger partial charge on any atom is 0.328 e. The van der Waals surface area contributed by atoms with Gasteiger partial charge in [-0.15, -0.1) is 0 Å². The van der Waals surface area contributed by atoms with Crippen molar-refractivity contribution in [3.8, 4) is 11.3 Å². The lowest BCUT2D eigenvalue weighted by molar-refractivity contribution is -0.131. The van der Waals surface area contributed by atoms with E-state index in [4.69, 9.17) is 5.11 Å². The second kappa shape index (κ2) is 7.06. The van der Waals surface area contributed by atoms with Gasteiger partial charge in [0.1, 0.15) is 0 Å². The molecule has 0 aliphatic rings. The number of nitrogens with zero attached hydrogens (tertiary/aromatic N) is 2. The molecule has 0 fully saturated rings. The molecule has 6 heteroatoms. The summed E-state index contributed by atoms with van der Waals surface area (Å²) in [6.45, 7) is 2.02. The fraction of sp³-hybridized carbons (Fsp3) is 0.0556. The zero-order chi connectivity index (χ0) is 16.9. The molecule has 0 amide bonds. The molecule has 5 nitrogen and oxygen atoms in total. The first-order chi connectivity index (χ1) is 11.6. The highest BCUT2D eigenvalue weighted by atomic mass is 32.1. The van der Waals surface area contributed by atoms with Gasteiger partial charge in [0.2, 0.25) is 0 Å². The first-order valence-corrected chi connectivity index (χ1v) is 8.09. The van der Waals surface area contributed by atoms with Gasteiger partial charge >= 0.3 is 5.97 Å². The molecule has 0 saturated heterocycles. The Morgan fingerprint density at radius 1 is 1.25 bits per heavy atom. The van der Waals surface area contributed by atoms with Gasteiger partial charge in [0.05, 0.1) is 10.6 Å². The van der Waals surface area contributed by atoms with E-state index in [1.165, 1.54) is 11.3 Å². The Morgan fingerprint density at radius 2 is 2.04 bits per heavy atom. The summed E-state index contributed by atoms with van der Waals surface area (Å²) in [6, 6.07) is 11.7. The molecule has 3 aromatic rings. The molecule has 1 aromatic carbocycles. The van der Waals surface area contributed by atoms with Crippen LogP contribution in [0.15, 0.2) is 54.9 Å². The Balaban J connectivity index is 1.98. The van der Waals surface area contributed by atoms with Crippen molar-refractivity contribution < 1.29 is 9.90 Å².